The van der Waals surface area contributed by atoms with E-state index in [9.17, 15) is 18.0 Å². The van der Waals surface area contributed by atoms with Crippen LogP contribution in [0, 0.1) is 11.8 Å². The summed E-state index contributed by atoms with van der Waals surface area (Å²) in [5.74, 6) is -2.05. The second kappa shape index (κ2) is 4.51. The lowest BCUT2D eigenvalue weighted by Gasteiger charge is -2.33. The number of carbonyl (C=O) groups excluding carboxylic acids is 1. The average Bonchev–Trinajstić information content (AvgIpc) is 3.07. The monoisotopic (exact) mass is 276 g/mol. The van der Waals surface area contributed by atoms with Crippen LogP contribution in [0.3, 0.4) is 0 Å². The zero-order valence-corrected chi connectivity index (χ0v) is 10.9. The molecule has 2 aliphatic rings. The number of amides is 1. The molecule has 0 aromatic carbocycles. The number of hydrogen-bond donors (Lipinski definition) is 1. The average molecular weight is 276 g/mol. The smallest absolute Gasteiger partial charge is 0.307 e. The Labute approximate surface area is 105 Å². The van der Waals surface area contributed by atoms with Gasteiger partial charge in [-0.3, -0.25) is 9.59 Å². The Morgan fingerprint density at radius 1 is 1.11 bits per heavy atom. The predicted octanol–water partition coefficient (Wildman–Crippen LogP) is -1.19. The van der Waals surface area contributed by atoms with Gasteiger partial charge in [0, 0.05) is 26.2 Å². The number of hydrogen-bond acceptors (Lipinski definition) is 4. The van der Waals surface area contributed by atoms with Gasteiger partial charge in [-0.05, 0) is 6.42 Å². The fraction of sp³-hybridized carbons (Fsp3) is 0.800. The minimum atomic E-state index is -3.20. The molecule has 0 radical (unpaired) electrons. The number of nitrogens with zero attached hydrogens (tertiary/aromatic N) is 2. The Hall–Kier alpha value is -1.15. The molecule has 0 aromatic heterocycles. The van der Waals surface area contributed by atoms with Crippen LogP contribution in [0.25, 0.3) is 0 Å². The van der Waals surface area contributed by atoms with Crippen LogP contribution in [0.4, 0.5) is 0 Å². The summed E-state index contributed by atoms with van der Waals surface area (Å²) in [6.07, 6.45) is 1.55. The fourth-order valence-corrected chi connectivity index (χ4v) is 3.04. The van der Waals surface area contributed by atoms with Crippen LogP contribution in [-0.2, 0) is 19.6 Å². The lowest BCUT2D eigenvalue weighted by Crippen LogP contribution is -2.50. The number of sulfonamides is 1. The molecule has 2 atom stereocenters. The van der Waals surface area contributed by atoms with E-state index in [1.54, 1.807) is 4.90 Å². The van der Waals surface area contributed by atoms with Crippen LogP contribution in [0.1, 0.15) is 6.42 Å². The number of rotatable bonds is 3. The number of carboxylic acid groups (broad SMARTS) is 1. The van der Waals surface area contributed by atoms with Gasteiger partial charge >= 0.3 is 5.97 Å². The van der Waals surface area contributed by atoms with E-state index in [0.29, 0.717) is 19.5 Å². The van der Waals surface area contributed by atoms with E-state index >= 15 is 0 Å². The molecule has 1 aliphatic heterocycles. The maximum atomic E-state index is 11.9. The number of piperazine rings is 1. The van der Waals surface area contributed by atoms with Crippen molar-refractivity contribution in [3.05, 3.63) is 0 Å². The molecule has 1 amide bonds. The maximum Gasteiger partial charge on any atom is 0.307 e. The van der Waals surface area contributed by atoms with Crippen LogP contribution in [-0.4, -0.2) is 67.0 Å². The molecule has 8 heteroatoms. The molecule has 2 unspecified atom stereocenters. The Morgan fingerprint density at radius 3 is 2.06 bits per heavy atom. The highest BCUT2D eigenvalue weighted by Crippen LogP contribution is 2.40. The third-order valence-electron chi connectivity index (χ3n) is 3.44. The highest BCUT2D eigenvalue weighted by atomic mass is 32.2. The molecule has 0 aromatic rings. The summed E-state index contributed by atoms with van der Waals surface area (Å²) in [5.41, 5.74) is 0. The van der Waals surface area contributed by atoms with E-state index in [-0.39, 0.29) is 19.0 Å². The molecule has 2 rings (SSSR count). The topological polar surface area (TPSA) is 95.0 Å². The summed E-state index contributed by atoms with van der Waals surface area (Å²) < 4.78 is 23.9. The Kier molecular flexibility index (Phi) is 3.33. The van der Waals surface area contributed by atoms with E-state index in [1.807, 2.05) is 0 Å². The minimum absolute atomic E-state index is 0.157. The van der Waals surface area contributed by atoms with Crippen molar-refractivity contribution in [2.45, 2.75) is 6.42 Å². The molecule has 2 fully saturated rings. The van der Waals surface area contributed by atoms with Crippen LogP contribution in [0.15, 0.2) is 0 Å². The lowest BCUT2D eigenvalue weighted by atomic mass is 10.2. The molecule has 0 bridgehead atoms. The molecule has 1 saturated carbocycles. The van der Waals surface area contributed by atoms with Crippen molar-refractivity contribution >= 4 is 21.9 Å². The number of carboxylic acids is 1. The summed E-state index contributed by atoms with van der Waals surface area (Å²) in [5, 5.41) is 8.76. The van der Waals surface area contributed by atoms with E-state index in [0.717, 1.165) is 6.26 Å². The molecule has 7 nitrogen and oxygen atoms in total. The molecular formula is C10H16N2O5S. The molecule has 18 heavy (non-hydrogen) atoms. The van der Waals surface area contributed by atoms with Gasteiger partial charge in [0.05, 0.1) is 18.1 Å². The first-order chi connectivity index (χ1) is 8.30. The minimum Gasteiger partial charge on any atom is -0.481 e. The standard InChI is InChI=1S/C10H16N2O5S/c1-18(16,17)12-4-2-11(3-5-12)9(13)7-6-8(7)10(14)15/h7-8H,2-6H2,1H3,(H,14,15). The quantitative estimate of drug-likeness (QED) is 0.699. The van der Waals surface area contributed by atoms with Crippen molar-refractivity contribution in [1.82, 2.24) is 9.21 Å². The number of carbonyl (C=O) groups is 2. The molecule has 1 N–H and O–H groups in total. The first-order valence-electron chi connectivity index (χ1n) is 5.77. The lowest BCUT2D eigenvalue weighted by molar-refractivity contribution is -0.142. The third-order valence-corrected chi connectivity index (χ3v) is 4.75. The van der Waals surface area contributed by atoms with Crippen molar-refractivity contribution < 1.29 is 23.1 Å². The summed E-state index contributed by atoms with van der Waals surface area (Å²) in [4.78, 5) is 24.2. The fourth-order valence-electron chi connectivity index (χ4n) is 2.22. The van der Waals surface area contributed by atoms with Crippen LogP contribution < -0.4 is 0 Å². The predicted molar refractivity (Wildman–Crippen MR) is 62.2 cm³/mol. The van der Waals surface area contributed by atoms with Crippen molar-refractivity contribution in [3.8, 4) is 0 Å². The summed E-state index contributed by atoms with van der Waals surface area (Å²) in [6, 6.07) is 0. The molecule has 102 valence electrons. The Bertz CT molecular complexity index is 467. The molecule has 1 saturated heterocycles. The van der Waals surface area contributed by atoms with Gasteiger partial charge in [-0.15, -0.1) is 0 Å². The molecule has 1 aliphatic carbocycles. The first kappa shape index (κ1) is 13.3. The SMILES string of the molecule is CS(=O)(=O)N1CCN(C(=O)C2CC2C(=O)O)CC1. The van der Waals surface area contributed by atoms with Gasteiger partial charge < -0.3 is 10.0 Å². The van der Waals surface area contributed by atoms with E-state index in [2.05, 4.69) is 0 Å². The Balaban J connectivity index is 1.88. The second-order valence-corrected chi connectivity index (χ2v) is 6.76. The Morgan fingerprint density at radius 2 is 1.67 bits per heavy atom. The molecule has 0 spiro atoms. The van der Waals surface area contributed by atoms with Crippen LogP contribution >= 0.6 is 0 Å². The highest BCUT2D eigenvalue weighted by molar-refractivity contribution is 7.88. The van der Waals surface area contributed by atoms with Crippen LogP contribution in [0.2, 0.25) is 0 Å². The zero-order chi connectivity index (χ0) is 13.5. The van der Waals surface area contributed by atoms with Crippen molar-refractivity contribution in [1.29, 1.82) is 0 Å². The molecular weight excluding hydrogens is 260 g/mol. The largest absolute Gasteiger partial charge is 0.481 e. The first-order valence-corrected chi connectivity index (χ1v) is 7.62. The van der Waals surface area contributed by atoms with Gasteiger partial charge in [-0.1, -0.05) is 0 Å². The summed E-state index contributed by atoms with van der Waals surface area (Å²) >= 11 is 0. The van der Waals surface area contributed by atoms with Gasteiger partial charge in [0.15, 0.2) is 0 Å². The summed E-state index contributed by atoms with van der Waals surface area (Å²) in [6.45, 7) is 1.26. The van der Waals surface area contributed by atoms with Gasteiger partial charge in [0.2, 0.25) is 15.9 Å². The van der Waals surface area contributed by atoms with Crippen molar-refractivity contribution in [2.24, 2.45) is 11.8 Å². The van der Waals surface area contributed by atoms with Crippen molar-refractivity contribution in [3.63, 3.8) is 0 Å². The maximum absolute atomic E-state index is 11.9. The van der Waals surface area contributed by atoms with Gasteiger partial charge in [0.1, 0.15) is 0 Å². The number of aliphatic carboxylic acids is 1. The second-order valence-electron chi connectivity index (χ2n) is 4.77. The van der Waals surface area contributed by atoms with Crippen LogP contribution in [0.5, 0.6) is 0 Å². The van der Waals surface area contributed by atoms with E-state index in [1.165, 1.54) is 4.31 Å². The zero-order valence-electron chi connectivity index (χ0n) is 10.1. The molecule has 1 heterocycles. The third kappa shape index (κ3) is 2.64. The van der Waals surface area contributed by atoms with E-state index in [4.69, 9.17) is 5.11 Å². The summed E-state index contributed by atoms with van der Waals surface area (Å²) in [7, 11) is -3.20. The van der Waals surface area contributed by atoms with Crippen molar-refractivity contribution in [2.75, 3.05) is 32.4 Å². The normalized spacial score (nSPS) is 29.1. The van der Waals surface area contributed by atoms with Gasteiger partial charge in [0.25, 0.3) is 0 Å². The van der Waals surface area contributed by atoms with E-state index < -0.39 is 27.8 Å². The highest BCUT2D eigenvalue weighted by Gasteiger charge is 2.50. The van der Waals surface area contributed by atoms with Gasteiger partial charge in [-0.2, -0.15) is 4.31 Å². The van der Waals surface area contributed by atoms with Gasteiger partial charge in [-0.25, -0.2) is 8.42 Å².